The molecule has 0 radical (unpaired) electrons. The van der Waals surface area contributed by atoms with Gasteiger partial charge in [-0.3, -0.25) is 0 Å². The quantitative estimate of drug-likeness (QED) is 0.181. The Kier molecular flexibility index (Phi) is 8.34. The maximum atomic E-state index is 13.4. The monoisotopic (exact) mass is 518 g/mol. The Morgan fingerprint density at radius 3 is 1.88 bits per heavy atom. The zero-order chi connectivity index (χ0) is 22.9. The number of nitrogens with zero attached hydrogens (tertiary/aromatic N) is 2. The predicted octanol–water partition coefficient (Wildman–Crippen LogP) is 8.21. The second-order valence-corrected chi connectivity index (χ2v) is 9.47. The molecule has 4 rings (SSSR count). The van der Waals surface area contributed by atoms with Gasteiger partial charge < -0.3 is 4.90 Å². The van der Waals surface area contributed by atoms with Crippen LogP contribution in [0.1, 0.15) is 16.7 Å². The van der Waals surface area contributed by atoms with E-state index in [0.29, 0.717) is 5.75 Å². The summed E-state index contributed by atoms with van der Waals surface area (Å²) in [5.74, 6) is 0.486. The number of para-hydroxylation sites is 1. The Morgan fingerprint density at radius 1 is 0.697 bits per heavy atom. The van der Waals surface area contributed by atoms with E-state index in [2.05, 4.69) is 69.4 Å². The Hall–Kier alpha value is -2.89. The smallest absolute Gasteiger partial charge is 0.165 e. The molecule has 4 aromatic rings. The minimum atomic E-state index is -0.220. The van der Waals surface area contributed by atoms with Crippen molar-refractivity contribution in [1.29, 1.82) is 0 Å². The van der Waals surface area contributed by atoms with Crippen molar-refractivity contribution in [3.8, 4) is 0 Å². The summed E-state index contributed by atoms with van der Waals surface area (Å²) in [6.07, 6.45) is 0. The van der Waals surface area contributed by atoms with Gasteiger partial charge in [0.2, 0.25) is 0 Å². The van der Waals surface area contributed by atoms with E-state index in [1.165, 1.54) is 23.3 Å². The molecule has 0 fully saturated rings. The number of thioether (sulfide) groups is 1. The maximum absolute atomic E-state index is 13.4. The maximum Gasteiger partial charge on any atom is 0.165 e. The van der Waals surface area contributed by atoms with E-state index < -0.39 is 0 Å². The fourth-order valence-electron chi connectivity index (χ4n) is 3.34. The standard InChI is InChI=1S/C28H24BrFN2S/c29-25-15-11-23(12-16-25)20-32(19-22-7-3-1-4-8-22)28(31-27-9-5-2-6-10-27)33-21-24-13-17-26(30)18-14-24/h1-18H,19-21H2. The van der Waals surface area contributed by atoms with Crippen molar-refractivity contribution in [2.75, 3.05) is 0 Å². The molecule has 0 saturated heterocycles. The molecular weight excluding hydrogens is 495 g/mol. The molecule has 166 valence electrons. The third-order valence-electron chi connectivity index (χ3n) is 5.04. The van der Waals surface area contributed by atoms with Crippen molar-refractivity contribution >= 4 is 38.5 Å². The lowest BCUT2D eigenvalue weighted by Crippen LogP contribution is -2.28. The summed E-state index contributed by atoms with van der Waals surface area (Å²) >= 11 is 5.20. The van der Waals surface area contributed by atoms with E-state index in [9.17, 15) is 4.39 Å². The Morgan fingerprint density at radius 2 is 1.24 bits per heavy atom. The van der Waals surface area contributed by atoms with Gasteiger partial charge in [0.15, 0.2) is 5.17 Å². The van der Waals surface area contributed by atoms with Gasteiger partial charge in [-0.1, -0.05) is 100 Å². The number of amidine groups is 1. The van der Waals surface area contributed by atoms with Crippen LogP contribution in [-0.2, 0) is 18.8 Å². The highest BCUT2D eigenvalue weighted by Crippen LogP contribution is 2.25. The molecule has 0 unspecified atom stereocenters. The van der Waals surface area contributed by atoms with Crippen LogP contribution in [0.25, 0.3) is 0 Å². The van der Waals surface area contributed by atoms with Crippen LogP contribution in [-0.4, -0.2) is 10.1 Å². The van der Waals surface area contributed by atoms with Gasteiger partial charge in [0, 0.05) is 23.3 Å². The average Bonchev–Trinajstić information content (AvgIpc) is 2.85. The molecule has 0 heterocycles. The third kappa shape index (κ3) is 7.31. The predicted molar refractivity (Wildman–Crippen MR) is 141 cm³/mol. The van der Waals surface area contributed by atoms with Crippen molar-refractivity contribution in [3.63, 3.8) is 0 Å². The topological polar surface area (TPSA) is 15.6 Å². The fourth-order valence-corrected chi connectivity index (χ4v) is 4.58. The molecule has 33 heavy (non-hydrogen) atoms. The van der Waals surface area contributed by atoms with Gasteiger partial charge in [0.25, 0.3) is 0 Å². The first kappa shape index (κ1) is 23.3. The highest BCUT2D eigenvalue weighted by molar-refractivity contribution is 9.10. The Labute approximate surface area is 207 Å². The van der Waals surface area contributed by atoms with Crippen LogP contribution >= 0.6 is 27.7 Å². The first-order chi connectivity index (χ1) is 16.2. The lowest BCUT2D eigenvalue weighted by molar-refractivity contribution is 0.415. The van der Waals surface area contributed by atoms with Crippen LogP contribution in [0.2, 0.25) is 0 Å². The molecule has 0 bridgehead atoms. The van der Waals surface area contributed by atoms with Crippen molar-refractivity contribution in [2.24, 2.45) is 4.99 Å². The van der Waals surface area contributed by atoms with Gasteiger partial charge >= 0.3 is 0 Å². The number of halogens is 2. The largest absolute Gasteiger partial charge is 0.343 e. The minimum Gasteiger partial charge on any atom is -0.343 e. The number of rotatable bonds is 7. The average molecular weight is 519 g/mol. The zero-order valence-electron chi connectivity index (χ0n) is 18.1. The third-order valence-corrected chi connectivity index (χ3v) is 6.65. The van der Waals surface area contributed by atoms with E-state index in [1.807, 2.05) is 48.5 Å². The molecule has 0 aliphatic rings. The van der Waals surface area contributed by atoms with E-state index in [1.54, 1.807) is 11.8 Å². The van der Waals surface area contributed by atoms with Crippen LogP contribution in [0.5, 0.6) is 0 Å². The highest BCUT2D eigenvalue weighted by Gasteiger charge is 2.15. The van der Waals surface area contributed by atoms with Gasteiger partial charge in [-0.15, -0.1) is 0 Å². The van der Waals surface area contributed by atoms with Gasteiger partial charge in [-0.25, -0.2) is 9.38 Å². The SMILES string of the molecule is Fc1ccc(CSC(=Nc2ccccc2)N(Cc2ccccc2)Cc2ccc(Br)cc2)cc1. The number of hydrogen-bond donors (Lipinski definition) is 0. The number of aliphatic imine (C=N–C) groups is 1. The summed E-state index contributed by atoms with van der Waals surface area (Å²) < 4.78 is 14.4. The van der Waals surface area contributed by atoms with E-state index in [0.717, 1.165) is 34.0 Å². The van der Waals surface area contributed by atoms with Gasteiger partial charge in [-0.05, 0) is 53.1 Å². The molecule has 5 heteroatoms. The van der Waals surface area contributed by atoms with Crippen LogP contribution in [0.4, 0.5) is 10.1 Å². The molecule has 0 amide bonds. The Bertz CT molecular complexity index is 1160. The van der Waals surface area contributed by atoms with Crippen molar-refractivity contribution in [2.45, 2.75) is 18.8 Å². The molecule has 0 aliphatic heterocycles. The molecule has 2 nitrogen and oxygen atoms in total. The number of benzene rings is 4. The molecule has 0 aromatic heterocycles. The van der Waals surface area contributed by atoms with Crippen LogP contribution in [0.3, 0.4) is 0 Å². The van der Waals surface area contributed by atoms with Crippen molar-refractivity contribution in [3.05, 3.63) is 136 Å². The zero-order valence-corrected chi connectivity index (χ0v) is 20.5. The van der Waals surface area contributed by atoms with Crippen LogP contribution < -0.4 is 0 Å². The molecule has 0 spiro atoms. The summed E-state index contributed by atoms with van der Waals surface area (Å²) in [5.41, 5.74) is 4.40. The molecule has 0 aliphatic carbocycles. The molecule has 0 atom stereocenters. The summed E-state index contributed by atoms with van der Waals surface area (Å²) in [6.45, 7) is 1.46. The van der Waals surface area contributed by atoms with E-state index in [-0.39, 0.29) is 5.82 Å². The van der Waals surface area contributed by atoms with Crippen molar-refractivity contribution < 1.29 is 4.39 Å². The van der Waals surface area contributed by atoms with E-state index >= 15 is 0 Å². The normalized spacial score (nSPS) is 11.4. The first-order valence-corrected chi connectivity index (χ1v) is 12.5. The molecule has 0 saturated carbocycles. The summed E-state index contributed by atoms with van der Waals surface area (Å²) in [5, 5.41) is 0.928. The fraction of sp³-hybridized carbons (Fsp3) is 0.107. The second kappa shape index (κ2) is 11.8. The molecule has 0 N–H and O–H groups in total. The number of hydrogen-bond acceptors (Lipinski definition) is 2. The first-order valence-electron chi connectivity index (χ1n) is 10.7. The molecule has 4 aromatic carbocycles. The van der Waals surface area contributed by atoms with Crippen molar-refractivity contribution in [1.82, 2.24) is 4.90 Å². The summed E-state index contributed by atoms with van der Waals surface area (Å²) in [4.78, 5) is 7.33. The summed E-state index contributed by atoms with van der Waals surface area (Å²) in [7, 11) is 0. The van der Waals surface area contributed by atoms with Crippen LogP contribution in [0, 0.1) is 5.82 Å². The van der Waals surface area contributed by atoms with Crippen LogP contribution in [0.15, 0.2) is 119 Å². The minimum absolute atomic E-state index is 0.220. The van der Waals surface area contributed by atoms with Gasteiger partial charge in [0.05, 0.1) is 5.69 Å². The lowest BCUT2D eigenvalue weighted by atomic mass is 10.2. The second-order valence-electron chi connectivity index (χ2n) is 7.61. The lowest BCUT2D eigenvalue weighted by Gasteiger charge is -2.26. The highest BCUT2D eigenvalue weighted by atomic mass is 79.9. The Balaban J connectivity index is 1.66. The van der Waals surface area contributed by atoms with E-state index in [4.69, 9.17) is 4.99 Å². The molecular formula is C28H24BrFN2S. The van der Waals surface area contributed by atoms with Gasteiger partial charge in [0.1, 0.15) is 5.82 Å². The van der Waals surface area contributed by atoms with Gasteiger partial charge in [-0.2, -0.15) is 0 Å². The summed E-state index contributed by atoms with van der Waals surface area (Å²) in [6, 6.07) is 35.5.